The van der Waals surface area contributed by atoms with Crippen molar-refractivity contribution in [1.29, 1.82) is 0 Å². The summed E-state index contributed by atoms with van der Waals surface area (Å²) >= 11 is 3.13. The van der Waals surface area contributed by atoms with Crippen LogP contribution in [0.4, 0.5) is 10.2 Å². The van der Waals surface area contributed by atoms with Crippen molar-refractivity contribution in [3.63, 3.8) is 0 Å². The summed E-state index contributed by atoms with van der Waals surface area (Å²) in [5.74, 6) is 0.556. The van der Waals surface area contributed by atoms with Crippen LogP contribution in [-0.2, 0) is 17.8 Å². The number of carbonyl (C=O) groups is 1. The molecule has 1 aliphatic rings. The number of benzene rings is 1. The smallest absolute Gasteiger partial charge is 0.224 e. The monoisotopic (exact) mass is 391 g/mol. The average Bonchev–Trinajstić information content (AvgIpc) is 3.11. The fourth-order valence-corrected chi connectivity index (χ4v) is 3.21. The number of amides is 1. The molecule has 6 heteroatoms. The largest absolute Gasteiger partial charge is 0.357 e. The van der Waals surface area contributed by atoms with Crippen LogP contribution >= 0.6 is 15.9 Å². The lowest BCUT2D eigenvalue weighted by atomic mass is 10.1. The zero-order valence-corrected chi connectivity index (χ0v) is 14.9. The number of nitrogens with one attached hydrogen (secondary N) is 1. The van der Waals surface area contributed by atoms with Crippen molar-refractivity contribution in [3.05, 3.63) is 57.9 Å². The molecule has 126 valence electrons. The Morgan fingerprint density at radius 3 is 2.75 bits per heavy atom. The van der Waals surface area contributed by atoms with Gasteiger partial charge in [-0.05, 0) is 64.2 Å². The first kappa shape index (κ1) is 16.9. The molecule has 0 aliphatic carbocycles. The van der Waals surface area contributed by atoms with E-state index in [1.165, 1.54) is 18.9 Å². The summed E-state index contributed by atoms with van der Waals surface area (Å²) in [5, 5.41) is 2.91. The summed E-state index contributed by atoms with van der Waals surface area (Å²) in [6.45, 7) is 2.55. The van der Waals surface area contributed by atoms with Gasteiger partial charge in [0.15, 0.2) is 0 Å². The Labute approximate surface area is 149 Å². The molecule has 1 N–H and O–H groups in total. The van der Waals surface area contributed by atoms with Gasteiger partial charge in [0.25, 0.3) is 0 Å². The predicted molar refractivity (Wildman–Crippen MR) is 95.3 cm³/mol. The highest BCUT2D eigenvalue weighted by Gasteiger charge is 2.13. The van der Waals surface area contributed by atoms with Gasteiger partial charge in [-0.3, -0.25) is 4.79 Å². The molecule has 0 saturated carbocycles. The number of hydrogen-bond donors (Lipinski definition) is 1. The second-order valence-corrected chi connectivity index (χ2v) is 6.77. The average molecular weight is 392 g/mol. The van der Waals surface area contributed by atoms with Crippen LogP contribution in [0, 0.1) is 5.82 Å². The number of halogens is 2. The minimum atomic E-state index is -0.328. The number of hydrogen-bond acceptors (Lipinski definition) is 3. The first-order valence-electron chi connectivity index (χ1n) is 8.02. The number of pyridine rings is 1. The van der Waals surface area contributed by atoms with Gasteiger partial charge < -0.3 is 10.2 Å². The van der Waals surface area contributed by atoms with Crippen LogP contribution in [0.15, 0.2) is 41.0 Å². The van der Waals surface area contributed by atoms with E-state index in [0.717, 1.165) is 30.0 Å². The molecule has 0 atom stereocenters. The maximum atomic E-state index is 13.2. The molecule has 1 fully saturated rings. The molecular weight excluding hydrogens is 373 g/mol. The highest BCUT2D eigenvalue weighted by Crippen LogP contribution is 2.19. The van der Waals surface area contributed by atoms with Crippen LogP contribution < -0.4 is 10.2 Å². The van der Waals surface area contributed by atoms with Crippen molar-refractivity contribution in [1.82, 2.24) is 10.3 Å². The Balaban J connectivity index is 1.55. The molecule has 4 nitrogen and oxygen atoms in total. The van der Waals surface area contributed by atoms with E-state index in [2.05, 4.69) is 31.1 Å². The standard InChI is InChI=1S/C18H19BrFN3O/c19-15-9-13(3-4-16(15)20)11-18(24)22-12-14-5-6-21-17(10-14)23-7-1-2-8-23/h3-6,9-10H,1-2,7-8,11-12H2,(H,22,24). The molecular formula is C18H19BrFN3O. The van der Waals surface area contributed by atoms with Gasteiger partial charge in [-0.2, -0.15) is 0 Å². The second-order valence-electron chi connectivity index (χ2n) is 5.92. The molecule has 0 unspecified atom stereocenters. The third-order valence-corrected chi connectivity index (χ3v) is 4.69. The summed E-state index contributed by atoms with van der Waals surface area (Å²) in [6.07, 6.45) is 4.42. The van der Waals surface area contributed by atoms with E-state index in [0.29, 0.717) is 11.0 Å². The van der Waals surface area contributed by atoms with E-state index in [1.54, 1.807) is 18.3 Å². The van der Waals surface area contributed by atoms with E-state index in [-0.39, 0.29) is 18.1 Å². The van der Waals surface area contributed by atoms with E-state index in [1.807, 2.05) is 12.1 Å². The Morgan fingerprint density at radius 2 is 2.00 bits per heavy atom. The first-order chi connectivity index (χ1) is 11.6. The second kappa shape index (κ2) is 7.75. The number of nitrogens with zero attached hydrogens (tertiary/aromatic N) is 2. The maximum Gasteiger partial charge on any atom is 0.224 e. The van der Waals surface area contributed by atoms with Crippen molar-refractivity contribution in [2.75, 3.05) is 18.0 Å². The number of anilines is 1. The zero-order valence-electron chi connectivity index (χ0n) is 13.3. The molecule has 1 aromatic heterocycles. The zero-order chi connectivity index (χ0) is 16.9. The quantitative estimate of drug-likeness (QED) is 0.848. The van der Waals surface area contributed by atoms with Crippen LogP contribution in [-0.4, -0.2) is 24.0 Å². The van der Waals surface area contributed by atoms with Crippen molar-refractivity contribution < 1.29 is 9.18 Å². The molecule has 1 aliphatic heterocycles. The van der Waals surface area contributed by atoms with Gasteiger partial charge in [-0.15, -0.1) is 0 Å². The topological polar surface area (TPSA) is 45.2 Å². The highest BCUT2D eigenvalue weighted by molar-refractivity contribution is 9.10. The molecule has 1 aromatic carbocycles. The molecule has 1 amide bonds. The lowest BCUT2D eigenvalue weighted by Crippen LogP contribution is -2.25. The highest BCUT2D eigenvalue weighted by atomic mass is 79.9. The van der Waals surface area contributed by atoms with Gasteiger partial charge in [0, 0.05) is 25.8 Å². The van der Waals surface area contributed by atoms with Crippen molar-refractivity contribution in [3.8, 4) is 0 Å². The van der Waals surface area contributed by atoms with E-state index in [4.69, 9.17) is 0 Å². The normalized spacial score (nSPS) is 14.0. The predicted octanol–water partition coefficient (Wildman–Crippen LogP) is 3.44. The van der Waals surface area contributed by atoms with Crippen LogP contribution in [0.1, 0.15) is 24.0 Å². The van der Waals surface area contributed by atoms with Gasteiger partial charge in [0.05, 0.1) is 10.9 Å². The third kappa shape index (κ3) is 4.32. The lowest BCUT2D eigenvalue weighted by Gasteiger charge is -2.17. The molecule has 24 heavy (non-hydrogen) atoms. The summed E-state index contributed by atoms with van der Waals surface area (Å²) in [7, 11) is 0. The van der Waals surface area contributed by atoms with Gasteiger partial charge in [0.2, 0.25) is 5.91 Å². The molecule has 0 spiro atoms. The Kier molecular flexibility index (Phi) is 5.45. The van der Waals surface area contributed by atoms with Crippen molar-refractivity contribution in [2.24, 2.45) is 0 Å². The Morgan fingerprint density at radius 1 is 1.21 bits per heavy atom. The van der Waals surface area contributed by atoms with Crippen LogP contribution in [0.25, 0.3) is 0 Å². The maximum absolute atomic E-state index is 13.2. The Hall–Kier alpha value is -1.95. The Bertz CT molecular complexity index is 732. The van der Waals surface area contributed by atoms with Crippen molar-refractivity contribution >= 4 is 27.7 Å². The minimum absolute atomic E-state index is 0.0898. The van der Waals surface area contributed by atoms with Gasteiger partial charge >= 0.3 is 0 Å². The lowest BCUT2D eigenvalue weighted by molar-refractivity contribution is -0.120. The number of carbonyl (C=O) groups excluding carboxylic acids is 1. The van der Waals surface area contributed by atoms with Gasteiger partial charge in [0.1, 0.15) is 11.6 Å². The van der Waals surface area contributed by atoms with Crippen molar-refractivity contribution in [2.45, 2.75) is 25.8 Å². The summed E-state index contributed by atoms with van der Waals surface area (Å²) in [4.78, 5) is 18.7. The fourth-order valence-electron chi connectivity index (χ4n) is 2.79. The molecule has 2 heterocycles. The van der Waals surface area contributed by atoms with E-state index < -0.39 is 0 Å². The summed E-state index contributed by atoms with van der Waals surface area (Å²) in [5.41, 5.74) is 1.80. The number of aromatic nitrogens is 1. The molecule has 1 saturated heterocycles. The van der Waals surface area contributed by atoms with Gasteiger partial charge in [-0.1, -0.05) is 6.07 Å². The summed E-state index contributed by atoms with van der Waals surface area (Å²) < 4.78 is 13.6. The molecule has 3 rings (SSSR count). The fraction of sp³-hybridized carbons (Fsp3) is 0.333. The van der Waals surface area contributed by atoms with Crippen LogP contribution in [0.5, 0.6) is 0 Å². The molecule has 2 aromatic rings. The minimum Gasteiger partial charge on any atom is -0.357 e. The van der Waals surface area contributed by atoms with Crippen LogP contribution in [0.3, 0.4) is 0 Å². The van der Waals surface area contributed by atoms with E-state index in [9.17, 15) is 9.18 Å². The summed E-state index contributed by atoms with van der Waals surface area (Å²) in [6, 6.07) is 8.55. The first-order valence-corrected chi connectivity index (χ1v) is 8.81. The van der Waals surface area contributed by atoms with E-state index >= 15 is 0 Å². The third-order valence-electron chi connectivity index (χ3n) is 4.08. The van der Waals surface area contributed by atoms with Crippen LogP contribution in [0.2, 0.25) is 0 Å². The van der Waals surface area contributed by atoms with Gasteiger partial charge in [-0.25, -0.2) is 9.37 Å². The number of rotatable bonds is 5. The molecule has 0 radical (unpaired) electrons. The molecule has 0 bridgehead atoms. The SMILES string of the molecule is O=C(Cc1ccc(F)c(Br)c1)NCc1ccnc(N2CCCC2)c1.